The Morgan fingerprint density at radius 3 is 2.21 bits per heavy atom. The first kappa shape index (κ1) is 24.9. The Morgan fingerprint density at radius 2 is 1.59 bits per heavy atom. The number of amides is 1. The lowest BCUT2D eigenvalue weighted by atomic mass is 10.2. The van der Waals surface area contributed by atoms with Gasteiger partial charge in [-0.2, -0.15) is 0 Å². The quantitative estimate of drug-likeness (QED) is 0.437. The maximum absolute atomic E-state index is 13.5. The molecule has 2 N–H and O–H groups in total. The molecule has 0 bridgehead atoms. The Kier molecular flexibility index (Phi) is 8.01. The zero-order valence-corrected chi connectivity index (χ0v) is 20.5. The van der Waals surface area contributed by atoms with Crippen molar-refractivity contribution in [2.45, 2.75) is 18.7 Å². The Balaban J connectivity index is 1.99. The standard InChI is InChI=1S/C25H29N3O5S/c1-5-28(6-2)22-16-13-19(26-25(29)18-11-14-20(32-3)15-12-18)17-24(22)34(30,31)27-21-9-7-8-10-23(21)33-4/h7-17,27H,5-6H2,1-4H3,(H,26,29). The number of sulfonamides is 1. The minimum absolute atomic E-state index is 0.0506. The topological polar surface area (TPSA) is 97.0 Å². The molecule has 3 aromatic rings. The molecule has 0 saturated carbocycles. The molecule has 34 heavy (non-hydrogen) atoms. The molecule has 0 heterocycles. The largest absolute Gasteiger partial charge is 0.497 e. The number of hydrogen-bond donors (Lipinski definition) is 2. The lowest BCUT2D eigenvalue weighted by Crippen LogP contribution is -2.26. The second-order valence-corrected chi connectivity index (χ2v) is 8.99. The number of para-hydroxylation sites is 2. The van der Waals surface area contributed by atoms with Crippen LogP contribution >= 0.6 is 0 Å². The van der Waals surface area contributed by atoms with Gasteiger partial charge in [-0.1, -0.05) is 12.1 Å². The van der Waals surface area contributed by atoms with Crippen molar-refractivity contribution in [3.63, 3.8) is 0 Å². The number of methoxy groups -OCH3 is 2. The van der Waals surface area contributed by atoms with Gasteiger partial charge in [0.2, 0.25) is 0 Å². The summed E-state index contributed by atoms with van der Waals surface area (Å²) in [5.41, 5.74) is 1.64. The minimum Gasteiger partial charge on any atom is -0.497 e. The van der Waals surface area contributed by atoms with Gasteiger partial charge in [-0.3, -0.25) is 9.52 Å². The summed E-state index contributed by atoms with van der Waals surface area (Å²) in [7, 11) is -0.988. The van der Waals surface area contributed by atoms with E-state index >= 15 is 0 Å². The first-order valence-electron chi connectivity index (χ1n) is 10.8. The predicted octanol–water partition coefficient (Wildman–Crippen LogP) is 4.60. The van der Waals surface area contributed by atoms with Gasteiger partial charge in [0.1, 0.15) is 16.4 Å². The molecular weight excluding hydrogens is 454 g/mol. The number of carbonyl (C=O) groups excluding carboxylic acids is 1. The molecule has 0 fully saturated rings. The van der Waals surface area contributed by atoms with Gasteiger partial charge >= 0.3 is 0 Å². The third-order valence-electron chi connectivity index (χ3n) is 5.31. The number of benzene rings is 3. The van der Waals surface area contributed by atoms with E-state index in [1.54, 1.807) is 67.8 Å². The van der Waals surface area contributed by atoms with E-state index in [1.165, 1.54) is 13.2 Å². The lowest BCUT2D eigenvalue weighted by Gasteiger charge is -2.25. The van der Waals surface area contributed by atoms with E-state index in [0.717, 1.165) is 0 Å². The fraction of sp³-hybridized carbons (Fsp3) is 0.240. The van der Waals surface area contributed by atoms with Crippen LogP contribution in [0.5, 0.6) is 11.5 Å². The lowest BCUT2D eigenvalue weighted by molar-refractivity contribution is 0.102. The smallest absolute Gasteiger partial charge is 0.264 e. The highest BCUT2D eigenvalue weighted by Crippen LogP contribution is 2.32. The van der Waals surface area contributed by atoms with Gasteiger partial charge in [0, 0.05) is 24.3 Å². The van der Waals surface area contributed by atoms with E-state index in [-0.39, 0.29) is 10.8 Å². The van der Waals surface area contributed by atoms with Crippen LogP contribution in [-0.2, 0) is 10.0 Å². The molecule has 3 aromatic carbocycles. The summed E-state index contributed by atoms with van der Waals surface area (Å²) in [6.07, 6.45) is 0. The molecule has 0 radical (unpaired) electrons. The summed E-state index contributed by atoms with van der Waals surface area (Å²) >= 11 is 0. The Morgan fingerprint density at radius 1 is 0.912 bits per heavy atom. The molecular formula is C25H29N3O5S. The summed E-state index contributed by atoms with van der Waals surface area (Å²) in [6.45, 7) is 5.14. The van der Waals surface area contributed by atoms with Crippen LogP contribution in [0.2, 0.25) is 0 Å². The van der Waals surface area contributed by atoms with E-state index in [2.05, 4.69) is 10.0 Å². The molecule has 0 unspecified atom stereocenters. The predicted molar refractivity (Wildman–Crippen MR) is 135 cm³/mol. The second-order valence-electron chi connectivity index (χ2n) is 7.34. The molecule has 0 saturated heterocycles. The van der Waals surface area contributed by atoms with Crippen molar-refractivity contribution >= 4 is 33.0 Å². The molecule has 1 amide bonds. The van der Waals surface area contributed by atoms with Crippen molar-refractivity contribution in [1.82, 2.24) is 0 Å². The molecule has 0 spiro atoms. The van der Waals surface area contributed by atoms with Crippen molar-refractivity contribution in [2.75, 3.05) is 42.2 Å². The zero-order valence-electron chi connectivity index (χ0n) is 19.7. The van der Waals surface area contributed by atoms with E-state index in [9.17, 15) is 13.2 Å². The second kappa shape index (κ2) is 10.9. The normalized spacial score (nSPS) is 10.9. The van der Waals surface area contributed by atoms with E-state index < -0.39 is 10.0 Å². The van der Waals surface area contributed by atoms with Crippen LogP contribution in [-0.4, -0.2) is 41.6 Å². The van der Waals surface area contributed by atoms with Gasteiger partial charge in [0.15, 0.2) is 0 Å². The average molecular weight is 484 g/mol. The third-order valence-corrected chi connectivity index (χ3v) is 6.71. The zero-order chi connectivity index (χ0) is 24.7. The average Bonchev–Trinajstić information content (AvgIpc) is 2.85. The molecule has 0 aromatic heterocycles. The van der Waals surface area contributed by atoms with Crippen molar-refractivity contribution in [1.29, 1.82) is 0 Å². The van der Waals surface area contributed by atoms with E-state index in [4.69, 9.17) is 9.47 Å². The number of nitrogens with zero attached hydrogens (tertiary/aromatic N) is 1. The van der Waals surface area contributed by atoms with Crippen LogP contribution in [0.3, 0.4) is 0 Å². The van der Waals surface area contributed by atoms with Crippen LogP contribution in [0.25, 0.3) is 0 Å². The minimum atomic E-state index is -4.01. The van der Waals surface area contributed by atoms with Crippen LogP contribution in [0.4, 0.5) is 17.1 Å². The monoisotopic (exact) mass is 483 g/mol. The van der Waals surface area contributed by atoms with Crippen LogP contribution < -0.4 is 24.4 Å². The highest BCUT2D eigenvalue weighted by Gasteiger charge is 2.24. The molecule has 0 aliphatic heterocycles. The summed E-state index contributed by atoms with van der Waals surface area (Å²) in [5.74, 6) is 0.676. The number of rotatable bonds is 10. The number of ether oxygens (including phenoxy) is 2. The van der Waals surface area contributed by atoms with Crippen molar-refractivity contribution in [2.24, 2.45) is 0 Å². The third kappa shape index (κ3) is 5.60. The van der Waals surface area contributed by atoms with Crippen LogP contribution in [0, 0.1) is 0 Å². The van der Waals surface area contributed by atoms with Gasteiger partial charge in [0.25, 0.3) is 15.9 Å². The van der Waals surface area contributed by atoms with Gasteiger partial charge in [-0.25, -0.2) is 8.42 Å². The highest BCUT2D eigenvalue weighted by atomic mass is 32.2. The first-order chi connectivity index (χ1) is 16.3. The first-order valence-corrected chi connectivity index (χ1v) is 12.3. The number of carbonyl (C=O) groups is 1. The van der Waals surface area contributed by atoms with Crippen LogP contribution in [0.1, 0.15) is 24.2 Å². The Labute approximate surface area is 200 Å². The molecule has 0 aliphatic carbocycles. The number of anilines is 3. The summed E-state index contributed by atoms with van der Waals surface area (Å²) in [6, 6.07) is 18.3. The molecule has 0 atom stereocenters. The van der Waals surface area contributed by atoms with E-state index in [1.807, 2.05) is 18.7 Å². The van der Waals surface area contributed by atoms with Crippen molar-refractivity contribution < 1.29 is 22.7 Å². The Bertz CT molecular complexity index is 1240. The maximum atomic E-state index is 13.5. The van der Waals surface area contributed by atoms with E-state index in [0.29, 0.717) is 47.2 Å². The fourth-order valence-electron chi connectivity index (χ4n) is 3.51. The molecule has 3 rings (SSSR count). The summed E-state index contributed by atoms with van der Waals surface area (Å²) in [5, 5.41) is 2.78. The number of hydrogen-bond acceptors (Lipinski definition) is 6. The molecule has 180 valence electrons. The maximum Gasteiger partial charge on any atom is 0.264 e. The number of nitrogens with one attached hydrogen (secondary N) is 2. The van der Waals surface area contributed by atoms with Gasteiger partial charge in [-0.05, 0) is 68.4 Å². The highest BCUT2D eigenvalue weighted by molar-refractivity contribution is 7.93. The summed E-state index contributed by atoms with van der Waals surface area (Å²) in [4.78, 5) is 14.7. The fourth-order valence-corrected chi connectivity index (χ4v) is 4.83. The van der Waals surface area contributed by atoms with Gasteiger partial charge < -0.3 is 19.7 Å². The summed E-state index contributed by atoms with van der Waals surface area (Å²) < 4.78 is 40.0. The Hall–Kier alpha value is -3.72. The SMILES string of the molecule is CCN(CC)c1ccc(NC(=O)c2ccc(OC)cc2)cc1S(=O)(=O)Nc1ccccc1OC. The van der Waals surface area contributed by atoms with Gasteiger partial charge in [0.05, 0.1) is 25.6 Å². The van der Waals surface area contributed by atoms with Crippen LogP contribution in [0.15, 0.2) is 71.6 Å². The van der Waals surface area contributed by atoms with Crippen molar-refractivity contribution in [3.8, 4) is 11.5 Å². The molecule has 0 aliphatic rings. The molecule has 9 heteroatoms. The molecule has 8 nitrogen and oxygen atoms in total. The van der Waals surface area contributed by atoms with Crippen molar-refractivity contribution in [3.05, 3.63) is 72.3 Å². The van der Waals surface area contributed by atoms with Gasteiger partial charge in [-0.15, -0.1) is 0 Å².